The molecule has 4 aromatic rings. The lowest BCUT2D eigenvalue weighted by Crippen LogP contribution is -2.37. The van der Waals surface area contributed by atoms with Crippen LogP contribution in [0.3, 0.4) is 0 Å². The Morgan fingerprint density at radius 3 is 2.73 bits per heavy atom. The number of fused-ring (bicyclic) bond motifs is 1. The zero-order chi connectivity index (χ0) is 26.3. The first-order chi connectivity index (χ1) is 17.6. The lowest BCUT2D eigenvalue weighted by Gasteiger charge is -2.16. The van der Waals surface area contributed by atoms with Crippen LogP contribution in [0.1, 0.15) is 16.6 Å². The van der Waals surface area contributed by atoms with E-state index < -0.39 is 53.1 Å². The first kappa shape index (κ1) is 24.5. The molecular weight excluding hydrogens is 514 g/mol. The van der Waals surface area contributed by atoms with Gasteiger partial charge in [0.1, 0.15) is 29.6 Å². The number of benzene rings is 1. The second kappa shape index (κ2) is 9.33. The predicted octanol–water partition coefficient (Wildman–Crippen LogP) is -1.99. The molecule has 0 bridgehead atoms. The monoisotopic (exact) mass is 533 g/mol. The zero-order valence-electron chi connectivity index (χ0n) is 18.6. The van der Waals surface area contributed by atoms with Gasteiger partial charge in [-0.2, -0.15) is 23.1 Å². The highest BCUT2D eigenvalue weighted by Crippen LogP contribution is 2.32. The van der Waals surface area contributed by atoms with E-state index in [1.165, 1.54) is 52.2 Å². The molecule has 0 aliphatic carbocycles. The number of nitrogens with two attached hydrogens (primary N) is 1. The normalized spacial score (nSPS) is 21.9. The van der Waals surface area contributed by atoms with E-state index >= 15 is 0 Å². The number of hydrogen-bond donors (Lipinski definition) is 5. The molecule has 0 radical (unpaired) electrons. The number of imidazole rings is 1. The summed E-state index contributed by atoms with van der Waals surface area (Å²) in [6, 6.07) is 5.31. The van der Waals surface area contributed by atoms with Crippen molar-refractivity contribution in [3.8, 4) is 11.7 Å². The van der Waals surface area contributed by atoms with E-state index in [9.17, 15) is 28.5 Å². The Balaban J connectivity index is 1.32. The molecule has 3 aromatic heterocycles. The molecule has 1 fully saturated rings. The Labute approximate surface area is 207 Å². The molecule has 1 aromatic carbocycles. The number of ether oxygens (including phenoxy) is 1. The van der Waals surface area contributed by atoms with Gasteiger partial charge in [-0.05, 0) is 12.1 Å². The number of carbonyl (C=O) groups excluding carboxylic acids is 1. The van der Waals surface area contributed by atoms with Crippen molar-refractivity contribution >= 4 is 33.2 Å². The van der Waals surface area contributed by atoms with E-state index in [4.69, 9.17) is 14.7 Å². The van der Waals surface area contributed by atoms with E-state index in [2.05, 4.69) is 25.3 Å². The van der Waals surface area contributed by atoms with Crippen LogP contribution in [0.15, 0.2) is 43.0 Å². The predicted molar refractivity (Wildman–Crippen MR) is 121 cm³/mol. The number of aliphatic hydroxyl groups is 2. The molecule has 17 nitrogen and oxygen atoms in total. The maximum atomic E-state index is 12.2. The van der Waals surface area contributed by atoms with Crippen LogP contribution in [0.2, 0.25) is 0 Å². The molecule has 0 unspecified atom stereocenters. The molecule has 6 N–H and O–H groups in total. The van der Waals surface area contributed by atoms with E-state index in [0.29, 0.717) is 0 Å². The summed E-state index contributed by atoms with van der Waals surface area (Å²) in [6.45, 7) is -0.758. The lowest BCUT2D eigenvalue weighted by molar-refractivity contribution is -0.0468. The van der Waals surface area contributed by atoms with Gasteiger partial charge in [-0.15, -0.1) is 5.10 Å². The standard InChI is InChI=1S/C19H19N9O8S/c20-15-12-16(24-19(23-15)28-6-5-22-26-28)27(8-21-12)18-14(31)13(30)11(36-18)7-35-37(33,34)25-17(32)9-3-1-2-4-10(9)29/h1-6,8,11,13-14,18,29-31H,7H2,(H,25,32)(H2,20,23,24)/t11-,13-,14-,18-/m0/s1. The van der Waals surface area contributed by atoms with Crippen LogP contribution in [-0.2, 0) is 19.2 Å². The van der Waals surface area contributed by atoms with Gasteiger partial charge in [-0.3, -0.25) is 13.5 Å². The number of phenols is 1. The molecule has 5 rings (SSSR count). The highest BCUT2D eigenvalue weighted by Gasteiger charge is 2.45. The molecule has 37 heavy (non-hydrogen) atoms. The maximum absolute atomic E-state index is 12.2. The summed E-state index contributed by atoms with van der Waals surface area (Å²) in [7, 11) is -4.67. The Kier molecular flexibility index (Phi) is 6.17. The number of carbonyl (C=O) groups is 1. The van der Waals surface area contributed by atoms with Crippen molar-refractivity contribution in [1.82, 2.24) is 39.2 Å². The highest BCUT2D eigenvalue weighted by molar-refractivity contribution is 7.85. The van der Waals surface area contributed by atoms with Gasteiger partial charge in [-0.25, -0.2) is 9.71 Å². The molecule has 1 aliphatic heterocycles. The van der Waals surface area contributed by atoms with E-state index in [-0.39, 0.29) is 28.5 Å². The van der Waals surface area contributed by atoms with Crippen LogP contribution in [0.5, 0.6) is 5.75 Å². The third kappa shape index (κ3) is 4.66. The van der Waals surface area contributed by atoms with Gasteiger partial charge in [-0.1, -0.05) is 17.3 Å². The molecule has 4 atom stereocenters. The van der Waals surface area contributed by atoms with Crippen LogP contribution in [0, 0.1) is 0 Å². The number of aliphatic hydroxyl groups excluding tert-OH is 2. The fraction of sp³-hybridized carbons (Fsp3) is 0.263. The first-order valence-corrected chi connectivity index (χ1v) is 11.9. The van der Waals surface area contributed by atoms with Gasteiger partial charge in [0.2, 0.25) is 0 Å². The minimum absolute atomic E-state index is 0.00783. The van der Waals surface area contributed by atoms with Crippen LogP contribution in [0.25, 0.3) is 17.1 Å². The minimum atomic E-state index is -4.67. The number of hydrogen-bond acceptors (Lipinski definition) is 14. The van der Waals surface area contributed by atoms with Crippen molar-refractivity contribution < 1.29 is 37.5 Å². The summed E-state index contributed by atoms with van der Waals surface area (Å²) in [6.07, 6.45) is -1.57. The summed E-state index contributed by atoms with van der Waals surface area (Å²) in [5.74, 6) is -1.49. The quantitative estimate of drug-likeness (QED) is 0.173. The average molecular weight is 533 g/mol. The number of anilines is 1. The Morgan fingerprint density at radius 1 is 1.22 bits per heavy atom. The fourth-order valence-electron chi connectivity index (χ4n) is 3.65. The average Bonchev–Trinajstić information content (AvgIpc) is 3.59. The molecule has 1 saturated heterocycles. The SMILES string of the molecule is Nc1nc(-n2ccnn2)nc2c1ncn2[C@H]1O[C@@H](COS(=O)(=O)NC(=O)c2ccccc2O)[C@H](O)[C@@H]1O. The lowest BCUT2D eigenvalue weighted by atomic mass is 10.1. The topological polar surface area (TPSA) is 243 Å². The van der Waals surface area contributed by atoms with Gasteiger partial charge in [0.25, 0.3) is 11.9 Å². The number of rotatable bonds is 7. The number of amides is 1. The number of phenolic OH excluding ortho intramolecular Hbond substituents is 1. The van der Waals surface area contributed by atoms with Crippen molar-refractivity contribution in [2.75, 3.05) is 12.3 Å². The smallest absolute Gasteiger partial charge is 0.362 e. The van der Waals surface area contributed by atoms with Gasteiger partial charge in [0.15, 0.2) is 17.7 Å². The molecule has 1 amide bonds. The van der Waals surface area contributed by atoms with E-state index in [1.54, 1.807) is 4.72 Å². The summed E-state index contributed by atoms with van der Waals surface area (Å²) < 4.78 is 39.1. The Hall–Kier alpha value is -4.23. The Morgan fingerprint density at radius 2 is 2.00 bits per heavy atom. The summed E-state index contributed by atoms with van der Waals surface area (Å²) in [5, 5.41) is 38.3. The summed E-state index contributed by atoms with van der Waals surface area (Å²) in [4.78, 5) is 24.7. The summed E-state index contributed by atoms with van der Waals surface area (Å²) in [5.41, 5.74) is 6.00. The number of nitrogens with zero attached hydrogens (tertiary/aromatic N) is 7. The van der Waals surface area contributed by atoms with Crippen LogP contribution in [0.4, 0.5) is 5.82 Å². The molecular formula is C19H19N9O8S. The number of para-hydroxylation sites is 1. The molecule has 0 saturated carbocycles. The van der Waals surface area contributed by atoms with Crippen LogP contribution >= 0.6 is 0 Å². The summed E-state index contributed by atoms with van der Waals surface area (Å²) >= 11 is 0. The van der Waals surface area contributed by atoms with Gasteiger partial charge in [0.05, 0.1) is 30.9 Å². The van der Waals surface area contributed by atoms with E-state index in [0.717, 1.165) is 0 Å². The van der Waals surface area contributed by atoms with Gasteiger partial charge in [0, 0.05) is 0 Å². The molecule has 0 spiro atoms. The highest BCUT2D eigenvalue weighted by atomic mass is 32.2. The van der Waals surface area contributed by atoms with Crippen molar-refractivity contribution in [1.29, 1.82) is 0 Å². The van der Waals surface area contributed by atoms with Gasteiger partial charge < -0.3 is 25.8 Å². The molecule has 18 heteroatoms. The second-order valence-electron chi connectivity index (χ2n) is 7.81. The largest absolute Gasteiger partial charge is 0.507 e. The number of nitrogens with one attached hydrogen (secondary N) is 1. The van der Waals surface area contributed by atoms with Crippen molar-refractivity contribution in [3.63, 3.8) is 0 Å². The van der Waals surface area contributed by atoms with Crippen molar-refractivity contribution in [2.45, 2.75) is 24.5 Å². The third-order valence-corrected chi connectivity index (χ3v) is 6.31. The first-order valence-electron chi connectivity index (χ1n) is 10.5. The fourth-order valence-corrected chi connectivity index (χ4v) is 4.36. The number of nitrogen functional groups attached to an aromatic ring is 1. The van der Waals surface area contributed by atoms with E-state index in [1.807, 2.05) is 0 Å². The second-order valence-corrected chi connectivity index (χ2v) is 9.16. The molecule has 194 valence electrons. The molecule has 1 aliphatic rings. The van der Waals surface area contributed by atoms with Gasteiger partial charge >= 0.3 is 10.3 Å². The Bertz CT molecular complexity index is 1560. The van der Waals surface area contributed by atoms with Crippen molar-refractivity contribution in [3.05, 3.63) is 48.5 Å². The van der Waals surface area contributed by atoms with Crippen LogP contribution < -0.4 is 10.5 Å². The molecule has 4 heterocycles. The van der Waals surface area contributed by atoms with Crippen LogP contribution in [-0.4, -0.2) is 89.1 Å². The maximum Gasteiger partial charge on any atom is 0.362 e. The van der Waals surface area contributed by atoms with Crippen molar-refractivity contribution in [2.24, 2.45) is 0 Å². The third-order valence-electron chi connectivity index (χ3n) is 5.43. The number of aromatic hydroxyl groups is 1. The zero-order valence-corrected chi connectivity index (χ0v) is 19.4. The minimum Gasteiger partial charge on any atom is -0.507 e. The number of aromatic nitrogens is 7.